The summed E-state index contributed by atoms with van der Waals surface area (Å²) in [6, 6.07) is 2.52. The zero-order valence-electron chi connectivity index (χ0n) is 10.4. The van der Waals surface area contributed by atoms with E-state index in [9.17, 15) is 17.6 Å². The van der Waals surface area contributed by atoms with Crippen LogP contribution in [0.2, 0.25) is 0 Å². The summed E-state index contributed by atoms with van der Waals surface area (Å²) in [5, 5.41) is 17.1. The maximum atomic E-state index is 13.6. The van der Waals surface area contributed by atoms with Gasteiger partial charge in [0.15, 0.2) is 0 Å². The number of aliphatic hydroxyl groups is 1. The normalized spacial score (nSPS) is 11.5. The lowest BCUT2D eigenvalue weighted by Gasteiger charge is -2.08. The van der Waals surface area contributed by atoms with Gasteiger partial charge in [-0.2, -0.15) is 0 Å². The smallest absolute Gasteiger partial charge is 0.335 e. The number of halogens is 1. The molecule has 9 heteroatoms. The average molecular weight is 307 g/mol. The second-order valence-electron chi connectivity index (χ2n) is 3.68. The number of nitrogens with one attached hydrogen (secondary N) is 1. The maximum absolute atomic E-state index is 13.6. The fourth-order valence-corrected chi connectivity index (χ4v) is 2.41. The number of sulfonamides is 1. The number of hydrogen-bond donors (Lipinski definition) is 3. The van der Waals surface area contributed by atoms with Crippen molar-refractivity contribution in [2.75, 3.05) is 26.4 Å². The standard InChI is InChI=1S/C11H14FNO6S/c12-9-7-8(11(15)16)1-2-10(9)20(17,18)13-3-5-19-6-4-14/h1-2,7,13-14H,3-6H2,(H,15,16). The predicted molar refractivity (Wildman–Crippen MR) is 66.5 cm³/mol. The Labute approximate surface area is 115 Å². The van der Waals surface area contributed by atoms with Crippen molar-refractivity contribution >= 4 is 16.0 Å². The number of carboxylic acid groups (broad SMARTS) is 1. The Hall–Kier alpha value is -1.55. The predicted octanol–water partition coefficient (Wildman–Crippen LogP) is -0.189. The van der Waals surface area contributed by atoms with Crippen LogP contribution in [-0.2, 0) is 14.8 Å². The number of carbonyl (C=O) groups is 1. The second-order valence-corrected chi connectivity index (χ2v) is 5.42. The molecule has 0 aromatic heterocycles. The van der Waals surface area contributed by atoms with E-state index in [-0.39, 0.29) is 31.9 Å². The summed E-state index contributed by atoms with van der Waals surface area (Å²) < 4.78 is 44.1. The minimum Gasteiger partial charge on any atom is -0.478 e. The summed E-state index contributed by atoms with van der Waals surface area (Å²) in [5.41, 5.74) is -0.340. The first-order valence-corrected chi connectivity index (χ1v) is 7.08. The van der Waals surface area contributed by atoms with E-state index in [1.807, 2.05) is 0 Å². The Morgan fingerprint density at radius 1 is 1.35 bits per heavy atom. The van der Waals surface area contributed by atoms with Crippen LogP contribution in [0.3, 0.4) is 0 Å². The van der Waals surface area contributed by atoms with Gasteiger partial charge in [0.25, 0.3) is 0 Å². The van der Waals surface area contributed by atoms with Crippen LogP contribution in [-0.4, -0.2) is 51.0 Å². The third-order valence-electron chi connectivity index (χ3n) is 2.24. The molecule has 0 saturated heterocycles. The first-order valence-electron chi connectivity index (χ1n) is 5.59. The molecule has 112 valence electrons. The van der Waals surface area contributed by atoms with E-state index >= 15 is 0 Å². The highest BCUT2D eigenvalue weighted by atomic mass is 32.2. The zero-order chi connectivity index (χ0) is 15.2. The van der Waals surface area contributed by atoms with Gasteiger partial charge in [-0.25, -0.2) is 22.3 Å². The molecular formula is C11H14FNO6S. The SMILES string of the molecule is O=C(O)c1ccc(S(=O)(=O)NCCOCCO)c(F)c1. The minimum atomic E-state index is -4.08. The third kappa shape index (κ3) is 4.53. The summed E-state index contributed by atoms with van der Waals surface area (Å²) in [4.78, 5) is 9.98. The van der Waals surface area contributed by atoms with Crippen molar-refractivity contribution in [3.8, 4) is 0 Å². The molecule has 0 heterocycles. The Kier molecular flexibility index (Phi) is 6.02. The van der Waals surface area contributed by atoms with Gasteiger partial charge in [-0.05, 0) is 18.2 Å². The van der Waals surface area contributed by atoms with E-state index in [2.05, 4.69) is 4.72 Å². The summed E-state index contributed by atoms with van der Waals surface area (Å²) in [5.74, 6) is -2.49. The van der Waals surface area contributed by atoms with Gasteiger partial charge in [-0.1, -0.05) is 0 Å². The molecule has 0 radical (unpaired) electrons. The molecule has 0 bridgehead atoms. The first-order chi connectivity index (χ1) is 9.38. The van der Waals surface area contributed by atoms with Gasteiger partial charge < -0.3 is 14.9 Å². The van der Waals surface area contributed by atoms with Crippen LogP contribution < -0.4 is 4.72 Å². The lowest BCUT2D eigenvalue weighted by Crippen LogP contribution is -2.28. The van der Waals surface area contributed by atoms with Gasteiger partial charge in [0, 0.05) is 6.54 Å². The first kappa shape index (κ1) is 16.5. The van der Waals surface area contributed by atoms with Crippen molar-refractivity contribution in [2.45, 2.75) is 4.90 Å². The van der Waals surface area contributed by atoms with Crippen molar-refractivity contribution < 1.29 is 32.6 Å². The summed E-state index contributed by atoms with van der Waals surface area (Å²) in [6.07, 6.45) is 0. The molecular weight excluding hydrogens is 293 g/mol. The van der Waals surface area contributed by atoms with E-state index in [1.54, 1.807) is 0 Å². The molecule has 0 unspecified atom stereocenters. The molecule has 7 nitrogen and oxygen atoms in total. The highest BCUT2D eigenvalue weighted by Gasteiger charge is 2.19. The number of aromatic carboxylic acids is 1. The van der Waals surface area contributed by atoms with Crippen LogP contribution in [0.5, 0.6) is 0 Å². The van der Waals surface area contributed by atoms with E-state index in [4.69, 9.17) is 14.9 Å². The van der Waals surface area contributed by atoms with Gasteiger partial charge in [0.05, 0.1) is 25.4 Å². The molecule has 0 aliphatic carbocycles. The van der Waals surface area contributed by atoms with Crippen molar-refractivity contribution in [3.05, 3.63) is 29.6 Å². The lowest BCUT2D eigenvalue weighted by atomic mass is 10.2. The Bertz CT molecular complexity index is 574. The number of aliphatic hydroxyl groups excluding tert-OH is 1. The summed E-state index contributed by atoms with van der Waals surface area (Å²) in [6.45, 7) is -0.182. The van der Waals surface area contributed by atoms with Gasteiger partial charge in [-0.3, -0.25) is 0 Å². The third-order valence-corrected chi connectivity index (χ3v) is 3.74. The molecule has 0 spiro atoms. The second kappa shape index (κ2) is 7.29. The van der Waals surface area contributed by atoms with E-state index in [0.29, 0.717) is 6.07 Å². The van der Waals surface area contributed by atoms with Crippen LogP contribution in [0, 0.1) is 5.82 Å². The number of rotatable bonds is 8. The van der Waals surface area contributed by atoms with Gasteiger partial charge >= 0.3 is 5.97 Å². The fraction of sp³-hybridized carbons (Fsp3) is 0.364. The molecule has 3 N–H and O–H groups in total. The maximum Gasteiger partial charge on any atom is 0.335 e. The number of hydrogen-bond acceptors (Lipinski definition) is 5. The van der Waals surface area contributed by atoms with Crippen molar-refractivity contribution in [1.82, 2.24) is 4.72 Å². The van der Waals surface area contributed by atoms with Crippen molar-refractivity contribution in [3.63, 3.8) is 0 Å². The van der Waals surface area contributed by atoms with E-state index < -0.39 is 26.7 Å². The van der Waals surface area contributed by atoms with Crippen LogP contribution in [0.4, 0.5) is 4.39 Å². The van der Waals surface area contributed by atoms with E-state index in [0.717, 1.165) is 12.1 Å². The van der Waals surface area contributed by atoms with Crippen LogP contribution in [0.1, 0.15) is 10.4 Å². The number of carboxylic acids is 1. The Morgan fingerprint density at radius 2 is 2.05 bits per heavy atom. The topological polar surface area (TPSA) is 113 Å². The zero-order valence-corrected chi connectivity index (χ0v) is 11.2. The fourth-order valence-electron chi connectivity index (χ4n) is 1.34. The quantitative estimate of drug-likeness (QED) is 0.574. The summed E-state index contributed by atoms with van der Waals surface area (Å²) >= 11 is 0. The highest BCUT2D eigenvalue weighted by Crippen LogP contribution is 2.15. The molecule has 0 aliphatic rings. The molecule has 0 atom stereocenters. The van der Waals surface area contributed by atoms with Crippen LogP contribution >= 0.6 is 0 Å². The van der Waals surface area contributed by atoms with Crippen molar-refractivity contribution in [2.24, 2.45) is 0 Å². The lowest BCUT2D eigenvalue weighted by molar-refractivity contribution is 0.0696. The minimum absolute atomic E-state index is 0.0224. The average Bonchev–Trinajstić information content (AvgIpc) is 2.37. The van der Waals surface area contributed by atoms with Gasteiger partial charge in [0.1, 0.15) is 10.7 Å². The van der Waals surface area contributed by atoms with Crippen LogP contribution in [0.15, 0.2) is 23.1 Å². The molecule has 1 aromatic carbocycles. The molecule has 1 aromatic rings. The number of ether oxygens (including phenoxy) is 1. The molecule has 0 aliphatic heterocycles. The van der Waals surface area contributed by atoms with E-state index in [1.165, 1.54) is 0 Å². The monoisotopic (exact) mass is 307 g/mol. The van der Waals surface area contributed by atoms with Crippen LogP contribution in [0.25, 0.3) is 0 Å². The molecule has 0 fully saturated rings. The largest absolute Gasteiger partial charge is 0.478 e. The Balaban J connectivity index is 2.75. The Morgan fingerprint density at radius 3 is 2.60 bits per heavy atom. The van der Waals surface area contributed by atoms with Gasteiger partial charge in [0.2, 0.25) is 10.0 Å². The van der Waals surface area contributed by atoms with Gasteiger partial charge in [-0.15, -0.1) is 0 Å². The summed E-state index contributed by atoms with van der Waals surface area (Å²) in [7, 11) is -4.08. The molecule has 1 rings (SSSR count). The number of benzene rings is 1. The highest BCUT2D eigenvalue weighted by molar-refractivity contribution is 7.89. The molecule has 0 amide bonds. The molecule has 20 heavy (non-hydrogen) atoms. The molecule has 0 saturated carbocycles. The van der Waals surface area contributed by atoms with Crippen molar-refractivity contribution in [1.29, 1.82) is 0 Å².